The van der Waals surface area contributed by atoms with Gasteiger partial charge in [0.05, 0.1) is 39.9 Å². The van der Waals surface area contributed by atoms with Gasteiger partial charge in [-0.15, -0.1) is 0 Å². The van der Waals surface area contributed by atoms with Crippen molar-refractivity contribution in [3.05, 3.63) is 0 Å². The minimum Gasteiger partial charge on any atom is -0.756 e. The van der Waals surface area contributed by atoms with Gasteiger partial charge in [-0.2, -0.15) is 0 Å². The average molecular weight is 733 g/mol. The van der Waals surface area contributed by atoms with Gasteiger partial charge in [-0.05, 0) is 12.8 Å². The molecule has 0 aliphatic carbocycles. The third-order valence-electron chi connectivity index (χ3n) is 9.85. The fourth-order valence-electron chi connectivity index (χ4n) is 6.39. The fourth-order valence-corrected chi connectivity index (χ4v) is 7.12. The van der Waals surface area contributed by atoms with Gasteiger partial charge in [0, 0.05) is 6.42 Å². The Balaban J connectivity index is 4.36. The van der Waals surface area contributed by atoms with Gasteiger partial charge in [0.1, 0.15) is 13.2 Å². The summed E-state index contributed by atoms with van der Waals surface area (Å²) in [7, 11) is 1.31. The maximum absolute atomic E-state index is 12.8. The van der Waals surface area contributed by atoms with Crippen molar-refractivity contribution in [2.45, 2.75) is 219 Å². The number of unbranched alkanes of at least 4 members (excludes halogenated alkanes) is 26. The predicted octanol–water partition coefficient (Wildman–Crippen LogP) is 10.8. The number of likely N-dealkylation sites (N-methyl/N-ethyl adjacent to an activating group) is 1. The molecule has 2 N–H and O–H groups in total. The van der Waals surface area contributed by atoms with Crippen LogP contribution in [0, 0.1) is 0 Å². The van der Waals surface area contributed by atoms with Gasteiger partial charge in [-0.25, -0.2) is 0 Å². The third-order valence-corrected chi connectivity index (χ3v) is 10.8. The SMILES string of the molecule is CCCCCCCCCCCCCCCCCC(=O)NC(COP(=O)([O-])OCC[N+](C)(C)C)C(O)CCCCCCCCCCCCCCC. The second-order valence-corrected chi connectivity index (χ2v) is 17.5. The smallest absolute Gasteiger partial charge is 0.268 e. The first-order chi connectivity index (χ1) is 24.0. The predicted molar refractivity (Wildman–Crippen MR) is 210 cm³/mol. The van der Waals surface area contributed by atoms with E-state index in [1.54, 1.807) is 0 Å². The van der Waals surface area contributed by atoms with Crippen LogP contribution in [0.4, 0.5) is 0 Å². The van der Waals surface area contributed by atoms with E-state index in [9.17, 15) is 19.4 Å². The van der Waals surface area contributed by atoms with Gasteiger partial charge in [0.2, 0.25) is 5.91 Å². The highest BCUT2D eigenvalue weighted by Gasteiger charge is 2.24. The van der Waals surface area contributed by atoms with Crippen molar-refractivity contribution >= 4 is 13.7 Å². The lowest BCUT2D eigenvalue weighted by Gasteiger charge is -2.30. The molecule has 0 rings (SSSR count). The Labute approximate surface area is 310 Å². The molecule has 0 spiro atoms. The summed E-state index contributed by atoms with van der Waals surface area (Å²) in [6.45, 7) is 4.73. The summed E-state index contributed by atoms with van der Waals surface area (Å²) in [5.74, 6) is -0.163. The zero-order chi connectivity index (χ0) is 37.2. The molecule has 0 radical (unpaired) electrons. The van der Waals surface area contributed by atoms with Crippen LogP contribution >= 0.6 is 7.82 Å². The van der Waals surface area contributed by atoms with Crippen molar-refractivity contribution in [3.8, 4) is 0 Å². The molecule has 1 amide bonds. The van der Waals surface area contributed by atoms with E-state index in [1.807, 2.05) is 21.1 Å². The number of amides is 1. The van der Waals surface area contributed by atoms with Crippen LogP contribution in [-0.2, 0) is 18.4 Å². The number of carbonyl (C=O) groups is 1. The Bertz CT molecular complexity index is 794. The molecule has 0 fully saturated rings. The van der Waals surface area contributed by atoms with Crippen molar-refractivity contribution in [2.75, 3.05) is 40.9 Å². The van der Waals surface area contributed by atoms with Crippen molar-refractivity contribution in [1.29, 1.82) is 0 Å². The van der Waals surface area contributed by atoms with Crippen molar-refractivity contribution in [3.63, 3.8) is 0 Å². The number of aliphatic hydroxyl groups excluding tert-OH is 1. The van der Waals surface area contributed by atoms with Gasteiger partial charge in [0.25, 0.3) is 7.82 Å². The van der Waals surface area contributed by atoms with Crippen LogP contribution in [0.2, 0.25) is 0 Å². The number of rotatable bonds is 39. The Hall–Kier alpha value is -0.500. The molecule has 0 aromatic carbocycles. The largest absolute Gasteiger partial charge is 0.756 e. The standard InChI is InChI=1S/C41H85N2O6P/c1-6-8-10-12-14-16-18-20-21-23-25-27-29-31-33-35-41(45)42-39(38-49-50(46,47)48-37-36-43(3,4)5)40(44)34-32-30-28-26-24-22-19-17-15-13-11-9-7-2/h39-40,44H,6-38H2,1-5H3,(H-,42,45,46,47). The molecule has 0 aromatic heterocycles. The Morgan fingerprint density at radius 3 is 1.36 bits per heavy atom. The number of hydrogen-bond acceptors (Lipinski definition) is 6. The monoisotopic (exact) mass is 733 g/mol. The topological polar surface area (TPSA) is 108 Å². The number of nitrogens with zero attached hydrogens (tertiary/aromatic N) is 1. The highest BCUT2D eigenvalue weighted by atomic mass is 31.2. The zero-order valence-electron chi connectivity index (χ0n) is 33.9. The number of phosphoric ester groups is 1. The van der Waals surface area contributed by atoms with Gasteiger partial charge < -0.3 is 28.8 Å². The first-order valence-corrected chi connectivity index (χ1v) is 22.8. The number of nitrogens with one attached hydrogen (secondary N) is 1. The van der Waals surface area contributed by atoms with Crippen LogP contribution in [0.15, 0.2) is 0 Å². The van der Waals surface area contributed by atoms with Crippen molar-refractivity contribution in [1.82, 2.24) is 5.32 Å². The molecule has 3 unspecified atom stereocenters. The minimum absolute atomic E-state index is 0.0159. The first-order valence-electron chi connectivity index (χ1n) is 21.4. The number of quaternary nitrogens is 1. The van der Waals surface area contributed by atoms with Gasteiger partial charge in [0.15, 0.2) is 0 Å². The van der Waals surface area contributed by atoms with Gasteiger partial charge in [-0.1, -0.05) is 187 Å². The molecule has 9 heteroatoms. The molecular weight excluding hydrogens is 647 g/mol. The lowest BCUT2D eigenvalue weighted by atomic mass is 10.0. The van der Waals surface area contributed by atoms with E-state index in [0.717, 1.165) is 38.5 Å². The number of aliphatic hydroxyl groups is 1. The van der Waals surface area contributed by atoms with E-state index in [1.165, 1.54) is 141 Å². The summed E-state index contributed by atoms with van der Waals surface area (Å²) in [6, 6.07) is -0.791. The maximum Gasteiger partial charge on any atom is 0.268 e. The second-order valence-electron chi connectivity index (χ2n) is 16.1. The molecule has 0 heterocycles. The van der Waals surface area contributed by atoms with E-state index in [-0.39, 0.29) is 19.1 Å². The van der Waals surface area contributed by atoms with Gasteiger partial charge in [-0.3, -0.25) is 9.36 Å². The van der Waals surface area contributed by atoms with Crippen molar-refractivity contribution < 1.29 is 32.9 Å². The summed E-state index contributed by atoms with van der Waals surface area (Å²) in [5, 5.41) is 13.9. The molecule has 0 aliphatic heterocycles. The van der Waals surface area contributed by atoms with E-state index in [0.29, 0.717) is 23.9 Å². The number of hydrogen-bond donors (Lipinski definition) is 2. The molecule has 0 aromatic rings. The molecule has 300 valence electrons. The summed E-state index contributed by atoms with van der Waals surface area (Å²) in [4.78, 5) is 25.3. The summed E-state index contributed by atoms with van der Waals surface area (Å²) < 4.78 is 23.2. The number of phosphoric acid groups is 1. The van der Waals surface area contributed by atoms with Crippen LogP contribution in [0.5, 0.6) is 0 Å². The Kier molecular flexibility index (Phi) is 33.9. The normalized spacial score (nSPS) is 14.5. The van der Waals surface area contributed by atoms with E-state index >= 15 is 0 Å². The molecule has 0 saturated heterocycles. The second kappa shape index (κ2) is 34.3. The Morgan fingerprint density at radius 1 is 0.620 bits per heavy atom. The summed E-state index contributed by atoms with van der Waals surface area (Å²) in [6.07, 6.45) is 35.2. The van der Waals surface area contributed by atoms with Crippen LogP contribution in [0.25, 0.3) is 0 Å². The molecule has 0 aliphatic rings. The summed E-state index contributed by atoms with van der Waals surface area (Å²) >= 11 is 0. The van der Waals surface area contributed by atoms with E-state index in [4.69, 9.17) is 9.05 Å². The van der Waals surface area contributed by atoms with Crippen LogP contribution in [0.1, 0.15) is 206 Å². The fraction of sp³-hybridized carbons (Fsp3) is 0.976. The molecule has 0 bridgehead atoms. The Morgan fingerprint density at radius 2 is 0.980 bits per heavy atom. The zero-order valence-corrected chi connectivity index (χ0v) is 34.8. The quantitative estimate of drug-likeness (QED) is 0.0370. The number of carbonyl (C=O) groups excluding carboxylic acids is 1. The molecule has 3 atom stereocenters. The third kappa shape index (κ3) is 35.9. The van der Waals surface area contributed by atoms with E-state index < -0.39 is 20.0 Å². The highest BCUT2D eigenvalue weighted by Crippen LogP contribution is 2.38. The lowest BCUT2D eigenvalue weighted by Crippen LogP contribution is -2.46. The highest BCUT2D eigenvalue weighted by molar-refractivity contribution is 7.45. The first kappa shape index (κ1) is 49.5. The minimum atomic E-state index is -4.55. The van der Waals surface area contributed by atoms with Crippen LogP contribution < -0.4 is 10.2 Å². The summed E-state index contributed by atoms with van der Waals surface area (Å²) in [5.41, 5.74) is 0. The molecule has 0 saturated carbocycles. The lowest BCUT2D eigenvalue weighted by molar-refractivity contribution is -0.870. The van der Waals surface area contributed by atoms with Crippen LogP contribution in [-0.4, -0.2) is 68.5 Å². The van der Waals surface area contributed by atoms with E-state index in [2.05, 4.69) is 19.2 Å². The van der Waals surface area contributed by atoms with Crippen molar-refractivity contribution in [2.24, 2.45) is 0 Å². The molecule has 50 heavy (non-hydrogen) atoms. The van der Waals surface area contributed by atoms with Gasteiger partial charge >= 0.3 is 0 Å². The average Bonchev–Trinajstić information content (AvgIpc) is 3.06. The molecule has 8 nitrogen and oxygen atoms in total. The van der Waals surface area contributed by atoms with Crippen LogP contribution in [0.3, 0.4) is 0 Å². The molecular formula is C41H85N2O6P. The maximum atomic E-state index is 12.8.